The van der Waals surface area contributed by atoms with Crippen molar-refractivity contribution in [2.75, 3.05) is 12.0 Å². The molecule has 33 heavy (non-hydrogen) atoms. The lowest BCUT2D eigenvalue weighted by Crippen LogP contribution is -2.38. The fourth-order valence-electron chi connectivity index (χ4n) is 3.30. The first-order chi connectivity index (χ1) is 15.7. The Morgan fingerprint density at radius 3 is 2.39 bits per heavy atom. The van der Waals surface area contributed by atoms with Crippen LogP contribution in [0.1, 0.15) is 51.7 Å². The zero-order chi connectivity index (χ0) is 24.1. The molecule has 6 nitrogen and oxygen atoms in total. The number of carbonyl (C=O) groups excluding carboxylic acids is 2. The molecule has 0 spiro atoms. The minimum atomic E-state index is -0.420. The van der Waals surface area contributed by atoms with Gasteiger partial charge in [-0.1, -0.05) is 55.9 Å². The standard InChI is InChI=1S/C26H31N3O3S/c1-16(2)20-12-10-19(11-13-20)14-23-25(31)29(21-8-7-9-22(15-21)32-6)26(28-23)33-18(5)24(30)27-17(3)4/h7-18H,1-6H3,(H,27,30)/b23-14+. The van der Waals surface area contributed by atoms with Gasteiger partial charge in [-0.15, -0.1) is 0 Å². The molecule has 3 rings (SSSR count). The number of hydrogen-bond donors (Lipinski definition) is 1. The van der Waals surface area contributed by atoms with Crippen LogP contribution in [0.2, 0.25) is 0 Å². The van der Waals surface area contributed by atoms with E-state index in [0.29, 0.717) is 28.2 Å². The molecule has 1 aliphatic heterocycles. The maximum absolute atomic E-state index is 13.4. The van der Waals surface area contributed by atoms with Crippen LogP contribution in [0.4, 0.5) is 5.69 Å². The van der Waals surface area contributed by atoms with Crippen LogP contribution in [0.3, 0.4) is 0 Å². The summed E-state index contributed by atoms with van der Waals surface area (Å²) >= 11 is 1.26. The molecule has 0 bridgehead atoms. The van der Waals surface area contributed by atoms with Gasteiger partial charge in [0.2, 0.25) is 5.91 Å². The molecule has 1 aliphatic rings. The Kier molecular flexibility index (Phi) is 7.97. The van der Waals surface area contributed by atoms with Crippen molar-refractivity contribution in [1.29, 1.82) is 0 Å². The van der Waals surface area contributed by atoms with Crippen LogP contribution in [-0.4, -0.2) is 35.4 Å². The number of benzene rings is 2. The lowest BCUT2D eigenvalue weighted by atomic mass is 10.0. The predicted molar refractivity (Wildman–Crippen MR) is 137 cm³/mol. The summed E-state index contributed by atoms with van der Waals surface area (Å²) in [4.78, 5) is 32.1. The number of carbonyl (C=O) groups is 2. The van der Waals surface area contributed by atoms with E-state index in [2.05, 4.69) is 36.3 Å². The number of hydrogen-bond acceptors (Lipinski definition) is 5. The topological polar surface area (TPSA) is 71.0 Å². The van der Waals surface area contributed by atoms with E-state index < -0.39 is 5.25 Å². The smallest absolute Gasteiger partial charge is 0.283 e. The highest BCUT2D eigenvalue weighted by Gasteiger charge is 2.34. The third kappa shape index (κ3) is 6.05. The zero-order valence-electron chi connectivity index (χ0n) is 20.0. The largest absolute Gasteiger partial charge is 0.497 e. The van der Waals surface area contributed by atoms with Gasteiger partial charge in [0, 0.05) is 12.1 Å². The average molecular weight is 466 g/mol. The summed E-state index contributed by atoms with van der Waals surface area (Å²) in [6.45, 7) is 9.93. The van der Waals surface area contributed by atoms with Crippen molar-refractivity contribution in [2.24, 2.45) is 4.99 Å². The maximum atomic E-state index is 13.4. The second-order valence-corrected chi connectivity index (χ2v) is 9.82. The molecule has 2 aromatic rings. The number of thioether (sulfide) groups is 1. The van der Waals surface area contributed by atoms with Gasteiger partial charge in [-0.25, -0.2) is 4.99 Å². The fourth-order valence-corrected chi connectivity index (χ4v) is 4.24. The van der Waals surface area contributed by atoms with Crippen molar-refractivity contribution in [3.8, 4) is 5.75 Å². The molecule has 0 aliphatic carbocycles. The van der Waals surface area contributed by atoms with Gasteiger partial charge in [-0.2, -0.15) is 0 Å². The molecule has 7 heteroatoms. The summed E-state index contributed by atoms with van der Waals surface area (Å²) in [5.41, 5.74) is 3.10. The van der Waals surface area contributed by atoms with Crippen LogP contribution in [-0.2, 0) is 9.59 Å². The Hall–Kier alpha value is -3.06. The fraction of sp³-hybridized carbons (Fsp3) is 0.346. The molecular formula is C26H31N3O3S. The summed E-state index contributed by atoms with van der Waals surface area (Å²) in [6.07, 6.45) is 1.78. The molecule has 0 saturated carbocycles. The van der Waals surface area contributed by atoms with E-state index >= 15 is 0 Å². The van der Waals surface area contributed by atoms with Crippen molar-refractivity contribution in [1.82, 2.24) is 5.32 Å². The first-order valence-corrected chi connectivity index (χ1v) is 11.9. The maximum Gasteiger partial charge on any atom is 0.283 e. The Balaban J connectivity index is 1.96. The molecule has 0 aromatic heterocycles. The number of nitrogens with zero attached hydrogens (tertiary/aromatic N) is 2. The van der Waals surface area contributed by atoms with Crippen molar-refractivity contribution in [2.45, 2.75) is 51.8 Å². The van der Waals surface area contributed by atoms with E-state index in [9.17, 15) is 9.59 Å². The van der Waals surface area contributed by atoms with E-state index in [4.69, 9.17) is 4.74 Å². The van der Waals surface area contributed by atoms with Crippen LogP contribution in [0.25, 0.3) is 6.08 Å². The van der Waals surface area contributed by atoms with Crippen molar-refractivity contribution in [3.63, 3.8) is 0 Å². The summed E-state index contributed by atoms with van der Waals surface area (Å²) in [5.74, 6) is 0.729. The number of aliphatic imine (C=N–C) groups is 1. The van der Waals surface area contributed by atoms with E-state index in [1.54, 1.807) is 24.2 Å². The van der Waals surface area contributed by atoms with Crippen molar-refractivity contribution >= 4 is 40.5 Å². The van der Waals surface area contributed by atoms with Crippen molar-refractivity contribution < 1.29 is 14.3 Å². The highest BCUT2D eigenvalue weighted by molar-refractivity contribution is 8.15. The van der Waals surface area contributed by atoms with Crippen LogP contribution >= 0.6 is 11.8 Å². The van der Waals surface area contributed by atoms with E-state index in [1.165, 1.54) is 17.3 Å². The predicted octanol–water partition coefficient (Wildman–Crippen LogP) is 5.21. The highest BCUT2D eigenvalue weighted by atomic mass is 32.2. The summed E-state index contributed by atoms with van der Waals surface area (Å²) in [7, 11) is 1.58. The second-order valence-electron chi connectivity index (χ2n) is 8.51. The van der Waals surface area contributed by atoms with Crippen LogP contribution in [0, 0.1) is 0 Å². The highest BCUT2D eigenvalue weighted by Crippen LogP contribution is 2.33. The van der Waals surface area contributed by atoms with E-state index in [-0.39, 0.29) is 17.9 Å². The van der Waals surface area contributed by atoms with E-state index in [0.717, 1.165) is 5.56 Å². The summed E-state index contributed by atoms with van der Waals surface area (Å²) in [6, 6.07) is 15.4. The van der Waals surface area contributed by atoms with Crippen LogP contribution in [0.5, 0.6) is 5.75 Å². The SMILES string of the molecule is COc1cccc(N2C(=O)/C(=C\c3ccc(C(C)C)cc3)N=C2SC(C)C(=O)NC(C)C)c1. The average Bonchev–Trinajstić information content (AvgIpc) is 3.08. The number of amides is 2. The molecule has 1 N–H and O–H groups in total. The second kappa shape index (κ2) is 10.7. The molecular weight excluding hydrogens is 434 g/mol. The number of rotatable bonds is 7. The Bertz CT molecular complexity index is 1070. The molecule has 1 heterocycles. The molecule has 0 saturated heterocycles. The van der Waals surface area contributed by atoms with Gasteiger partial charge in [0.25, 0.3) is 5.91 Å². The van der Waals surface area contributed by atoms with Gasteiger partial charge in [0.05, 0.1) is 18.0 Å². The number of ether oxygens (including phenoxy) is 1. The zero-order valence-corrected chi connectivity index (χ0v) is 20.8. The van der Waals surface area contributed by atoms with Gasteiger partial charge >= 0.3 is 0 Å². The lowest BCUT2D eigenvalue weighted by Gasteiger charge is -2.21. The molecule has 0 radical (unpaired) electrons. The third-order valence-electron chi connectivity index (χ3n) is 5.13. The van der Waals surface area contributed by atoms with Gasteiger partial charge in [0.1, 0.15) is 11.4 Å². The number of nitrogens with one attached hydrogen (secondary N) is 1. The van der Waals surface area contributed by atoms with E-state index in [1.807, 2.05) is 51.1 Å². The summed E-state index contributed by atoms with van der Waals surface area (Å²) < 4.78 is 5.34. The molecule has 174 valence electrons. The molecule has 1 unspecified atom stereocenters. The van der Waals surface area contributed by atoms with Gasteiger partial charge < -0.3 is 10.1 Å². The Labute approximate surface area is 200 Å². The minimum Gasteiger partial charge on any atom is -0.497 e. The third-order valence-corrected chi connectivity index (χ3v) is 6.18. The quantitative estimate of drug-likeness (QED) is 0.570. The first kappa shape index (κ1) is 24.6. The Morgan fingerprint density at radius 2 is 1.79 bits per heavy atom. The van der Waals surface area contributed by atoms with Crippen molar-refractivity contribution in [3.05, 3.63) is 65.4 Å². The van der Waals surface area contributed by atoms with Gasteiger partial charge in [-0.05, 0) is 56.0 Å². The summed E-state index contributed by atoms with van der Waals surface area (Å²) in [5, 5.41) is 2.96. The molecule has 2 amide bonds. The monoisotopic (exact) mass is 465 g/mol. The lowest BCUT2D eigenvalue weighted by molar-refractivity contribution is -0.120. The van der Waals surface area contributed by atoms with Gasteiger partial charge in [-0.3, -0.25) is 14.5 Å². The molecule has 1 atom stereocenters. The first-order valence-electron chi connectivity index (χ1n) is 11.1. The minimum absolute atomic E-state index is 0.0338. The molecule has 0 fully saturated rings. The molecule has 2 aromatic carbocycles. The number of anilines is 1. The Morgan fingerprint density at radius 1 is 1.09 bits per heavy atom. The van der Waals surface area contributed by atoms with Crippen LogP contribution in [0.15, 0.2) is 59.2 Å². The van der Waals surface area contributed by atoms with Crippen LogP contribution < -0.4 is 15.0 Å². The number of amidine groups is 1. The number of methoxy groups -OCH3 is 1. The normalized spacial score (nSPS) is 15.9. The van der Waals surface area contributed by atoms with Gasteiger partial charge in [0.15, 0.2) is 5.17 Å².